The van der Waals surface area contributed by atoms with Crippen molar-refractivity contribution in [3.63, 3.8) is 0 Å². The zero-order valence-electron chi connectivity index (χ0n) is 26.8. The minimum atomic E-state index is -0.677. The smallest absolute Gasteiger partial charge is 0.250 e. The first-order chi connectivity index (χ1) is 22.1. The number of aryl methyl sites for hydroxylation is 1. The quantitative estimate of drug-likeness (QED) is 0.407. The van der Waals surface area contributed by atoms with Crippen molar-refractivity contribution in [3.8, 4) is 28.4 Å². The maximum atomic E-state index is 13.8. The standard InChI is InChI=1S/C35H40N4O7/c1-19(35(43)38-16-21-13-23(18-38)28-7-6-8-31(42)39(28)17-21)36-27-12-10-24-25(15-29(27)41)26(37-20(2)40)11-9-22-14-30(44-3)33(45-4)34(46-5)32(22)24/h6-8,10,12,14-15,19,21,23,26H,9,11,13,16-18H2,1-5H3,(H,36,41)(H,37,40)/t19-,21-,23+,26+/m1/s1. The summed E-state index contributed by atoms with van der Waals surface area (Å²) in [6.07, 6.45) is 2.08. The van der Waals surface area contributed by atoms with Crippen molar-refractivity contribution in [2.75, 3.05) is 39.7 Å². The number of amides is 2. The van der Waals surface area contributed by atoms with Gasteiger partial charge in [0.15, 0.2) is 11.5 Å². The van der Waals surface area contributed by atoms with E-state index in [1.807, 2.05) is 27.7 Å². The molecule has 1 aliphatic carbocycles. The van der Waals surface area contributed by atoms with Gasteiger partial charge in [-0.1, -0.05) is 12.1 Å². The average Bonchev–Trinajstić information content (AvgIpc) is 3.28. The lowest BCUT2D eigenvalue weighted by atomic mass is 9.83. The summed E-state index contributed by atoms with van der Waals surface area (Å²) in [6, 6.07) is 11.2. The van der Waals surface area contributed by atoms with E-state index in [4.69, 9.17) is 14.2 Å². The van der Waals surface area contributed by atoms with Gasteiger partial charge < -0.3 is 34.3 Å². The van der Waals surface area contributed by atoms with Crippen LogP contribution in [0.5, 0.6) is 17.2 Å². The first kappa shape index (κ1) is 31.2. The summed E-state index contributed by atoms with van der Waals surface area (Å²) in [7, 11) is 4.66. The number of carbonyl (C=O) groups is 2. The van der Waals surface area contributed by atoms with Crippen LogP contribution in [0.15, 0.2) is 52.1 Å². The molecule has 1 fully saturated rings. The van der Waals surface area contributed by atoms with Gasteiger partial charge in [-0.05, 0) is 73.1 Å². The van der Waals surface area contributed by atoms with Crippen molar-refractivity contribution in [2.24, 2.45) is 5.92 Å². The molecule has 1 saturated heterocycles. The molecular weight excluding hydrogens is 588 g/mol. The molecule has 3 aliphatic rings. The van der Waals surface area contributed by atoms with Crippen molar-refractivity contribution in [1.29, 1.82) is 0 Å². The topological polar surface area (TPSA) is 128 Å². The molecule has 2 N–H and O–H groups in total. The van der Waals surface area contributed by atoms with Gasteiger partial charge in [0.1, 0.15) is 6.04 Å². The molecule has 242 valence electrons. The lowest BCUT2D eigenvalue weighted by Gasteiger charge is -2.43. The minimum absolute atomic E-state index is 0.00102. The van der Waals surface area contributed by atoms with Crippen LogP contribution in [0.2, 0.25) is 0 Å². The molecule has 2 bridgehead atoms. The van der Waals surface area contributed by atoms with Gasteiger partial charge in [-0.15, -0.1) is 0 Å². The van der Waals surface area contributed by atoms with Crippen LogP contribution < -0.4 is 35.8 Å². The predicted octanol–water partition coefficient (Wildman–Crippen LogP) is 3.47. The maximum absolute atomic E-state index is 13.8. The Morgan fingerprint density at radius 3 is 2.46 bits per heavy atom. The second-order valence-electron chi connectivity index (χ2n) is 12.4. The van der Waals surface area contributed by atoms with E-state index >= 15 is 0 Å². The van der Waals surface area contributed by atoms with Gasteiger partial charge in [-0.3, -0.25) is 19.2 Å². The fourth-order valence-corrected chi connectivity index (χ4v) is 7.47. The van der Waals surface area contributed by atoms with Crippen molar-refractivity contribution >= 4 is 17.5 Å². The summed E-state index contributed by atoms with van der Waals surface area (Å²) >= 11 is 0. The van der Waals surface area contributed by atoms with Gasteiger partial charge in [0, 0.05) is 49.8 Å². The molecule has 11 nitrogen and oxygen atoms in total. The largest absolute Gasteiger partial charge is 0.493 e. The molecule has 6 rings (SSSR count). The van der Waals surface area contributed by atoms with Crippen LogP contribution in [0.25, 0.3) is 11.1 Å². The van der Waals surface area contributed by atoms with Crippen LogP contribution in [0.1, 0.15) is 55.5 Å². The number of aromatic nitrogens is 1. The maximum Gasteiger partial charge on any atom is 0.250 e. The SMILES string of the molecule is COc1cc2c(c(OC)c1OC)-c1ccc(N[C@H](C)C(=O)N3C[C@H]4C[C@@H](C3)c3cccc(=O)n3C4)c(=O)cc1[C@@H](NC(C)=O)CC2. The summed E-state index contributed by atoms with van der Waals surface area (Å²) in [5, 5.41) is 6.20. The first-order valence-corrected chi connectivity index (χ1v) is 15.7. The highest BCUT2D eigenvalue weighted by Gasteiger charge is 2.37. The van der Waals surface area contributed by atoms with Gasteiger partial charge in [-0.2, -0.15) is 0 Å². The molecule has 3 aromatic rings. The second kappa shape index (κ2) is 12.5. The number of fused-ring (bicyclic) bond motifs is 7. The van der Waals surface area contributed by atoms with Crippen LogP contribution in [0.3, 0.4) is 0 Å². The molecule has 1 aromatic heterocycles. The summed E-state index contributed by atoms with van der Waals surface area (Å²) in [6.45, 7) is 4.89. The van der Waals surface area contributed by atoms with Crippen molar-refractivity contribution in [3.05, 3.63) is 79.9 Å². The number of likely N-dealkylation sites (tertiary alicyclic amines) is 1. The Hall–Kier alpha value is -4.80. The van der Waals surface area contributed by atoms with Gasteiger partial charge in [-0.25, -0.2) is 0 Å². The molecule has 11 heteroatoms. The van der Waals surface area contributed by atoms with E-state index < -0.39 is 12.1 Å². The van der Waals surface area contributed by atoms with Crippen LogP contribution in [-0.4, -0.2) is 61.7 Å². The highest BCUT2D eigenvalue weighted by Crippen LogP contribution is 2.50. The zero-order chi connectivity index (χ0) is 32.7. The Balaban J connectivity index is 1.35. The van der Waals surface area contributed by atoms with E-state index in [1.54, 1.807) is 52.5 Å². The molecule has 0 unspecified atom stereocenters. The summed E-state index contributed by atoms with van der Waals surface area (Å²) < 4.78 is 19.0. The Morgan fingerprint density at radius 2 is 1.74 bits per heavy atom. The van der Waals surface area contributed by atoms with E-state index in [-0.39, 0.29) is 40.3 Å². The highest BCUT2D eigenvalue weighted by molar-refractivity contribution is 5.86. The predicted molar refractivity (Wildman–Crippen MR) is 174 cm³/mol. The Morgan fingerprint density at radius 1 is 0.957 bits per heavy atom. The third kappa shape index (κ3) is 5.59. The molecule has 3 heterocycles. The van der Waals surface area contributed by atoms with E-state index in [9.17, 15) is 19.2 Å². The molecule has 0 saturated carbocycles. The number of methoxy groups -OCH3 is 3. The van der Waals surface area contributed by atoms with Gasteiger partial charge in [0.2, 0.25) is 23.0 Å². The van der Waals surface area contributed by atoms with E-state index in [1.165, 1.54) is 6.92 Å². The lowest BCUT2D eigenvalue weighted by Crippen LogP contribution is -2.52. The number of hydrogen-bond acceptors (Lipinski definition) is 8. The van der Waals surface area contributed by atoms with Crippen LogP contribution in [0.4, 0.5) is 5.69 Å². The van der Waals surface area contributed by atoms with Crippen molar-refractivity contribution < 1.29 is 23.8 Å². The first-order valence-electron chi connectivity index (χ1n) is 15.7. The average molecular weight is 629 g/mol. The number of pyridine rings is 1. The number of nitrogens with one attached hydrogen (secondary N) is 2. The molecule has 4 atom stereocenters. The fourth-order valence-electron chi connectivity index (χ4n) is 7.47. The zero-order valence-corrected chi connectivity index (χ0v) is 26.8. The third-order valence-electron chi connectivity index (χ3n) is 9.45. The molecule has 0 radical (unpaired) electrons. The number of carbonyl (C=O) groups excluding carboxylic acids is 2. The van der Waals surface area contributed by atoms with E-state index in [0.29, 0.717) is 60.9 Å². The number of hydrogen-bond donors (Lipinski definition) is 2. The molecule has 46 heavy (non-hydrogen) atoms. The normalized spacial score (nSPS) is 20.2. The van der Waals surface area contributed by atoms with E-state index in [0.717, 1.165) is 23.2 Å². The van der Waals surface area contributed by atoms with E-state index in [2.05, 4.69) is 10.6 Å². The summed E-state index contributed by atoms with van der Waals surface area (Å²) in [5.41, 5.74) is 3.99. The number of rotatable bonds is 7. The minimum Gasteiger partial charge on any atom is -0.493 e. The van der Waals surface area contributed by atoms with Crippen molar-refractivity contribution in [1.82, 2.24) is 14.8 Å². The molecule has 2 amide bonds. The molecular formula is C35H40N4O7. The number of anilines is 1. The Kier molecular flexibility index (Phi) is 8.50. The summed E-state index contributed by atoms with van der Waals surface area (Å²) in [5.74, 6) is 1.40. The molecule has 2 aromatic carbocycles. The number of benzene rings is 1. The van der Waals surface area contributed by atoms with Crippen LogP contribution >= 0.6 is 0 Å². The number of nitrogens with zero attached hydrogens (tertiary/aromatic N) is 2. The van der Waals surface area contributed by atoms with Crippen molar-refractivity contribution in [2.45, 2.75) is 57.7 Å². The second-order valence-corrected chi connectivity index (χ2v) is 12.4. The Labute approximate surface area is 267 Å². The molecule has 0 spiro atoms. The highest BCUT2D eigenvalue weighted by atomic mass is 16.5. The van der Waals surface area contributed by atoms with Crippen LogP contribution in [-0.2, 0) is 22.6 Å². The molecule has 2 aliphatic heterocycles. The monoisotopic (exact) mass is 628 g/mol. The number of piperidine rings is 1. The lowest BCUT2D eigenvalue weighted by molar-refractivity contribution is -0.134. The third-order valence-corrected chi connectivity index (χ3v) is 9.45. The Bertz CT molecular complexity index is 1820. The number of ether oxygens (including phenoxy) is 3. The fraction of sp³-hybridized carbons (Fsp3) is 0.429. The van der Waals surface area contributed by atoms with Gasteiger partial charge in [0.05, 0.1) is 33.1 Å². The van der Waals surface area contributed by atoms with Crippen LogP contribution in [0, 0.1) is 5.92 Å². The van der Waals surface area contributed by atoms with Gasteiger partial charge >= 0.3 is 0 Å². The van der Waals surface area contributed by atoms with Gasteiger partial charge in [0.25, 0.3) is 5.56 Å². The summed E-state index contributed by atoms with van der Waals surface area (Å²) in [4.78, 5) is 54.1.